The van der Waals surface area contributed by atoms with Crippen molar-refractivity contribution < 1.29 is 19.0 Å². The van der Waals surface area contributed by atoms with Crippen LogP contribution in [0, 0.1) is 0 Å². The van der Waals surface area contributed by atoms with Crippen LogP contribution in [0.2, 0.25) is 0 Å². The Balaban J connectivity index is 1.99. The van der Waals surface area contributed by atoms with Crippen LogP contribution in [0.5, 0.6) is 0 Å². The monoisotopic (exact) mass is 326 g/mol. The predicted molar refractivity (Wildman–Crippen MR) is 90.6 cm³/mol. The lowest BCUT2D eigenvalue weighted by atomic mass is 9.92. The van der Waals surface area contributed by atoms with Gasteiger partial charge < -0.3 is 14.2 Å². The van der Waals surface area contributed by atoms with Gasteiger partial charge in [-0.15, -0.1) is 0 Å². The zero-order chi connectivity index (χ0) is 17.0. The Morgan fingerprint density at radius 2 is 1.75 bits per heavy atom. The molecule has 2 aromatic carbocycles. The third-order valence-corrected chi connectivity index (χ3v) is 4.25. The Morgan fingerprint density at radius 3 is 2.42 bits per heavy atom. The zero-order valence-electron chi connectivity index (χ0n) is 14.0. The summed E-state index contributed by atoms with van der Waals surface area (Å²) in [5.41, 5.74) is 2.73. The van der Waals surface area contributed by atoms with Crippen LogP contribution < -0.4 is 0 Å². The van der Waals surface area contributed by atoms with Gasteiger partial charge in [-0.3, -0.25) is 4.79 Å². The molecule has 1 atom stereocenters. The maximum Gasteiger partial charge on any atom is 0.313 e. The standard InChI is InChI=1S/C20H22O4/c1-3-22-19(21)15(2)16-8-7-11-18(14-16)20(23-12-13-24-20)17-9-5-4-6-10-17/h4-11,14-15H,3,12-13H2,1-2H3. The number of ether oxygens (including phenoxy) is 3. The summed E-state index contributed by atoms with van der Waals surface area (Å²) in [5.74, 6) is -1.47. The number of esters is 1. The average molecular weight is 326 g/mol. The van der Waals surface area contributed by atoms with Crippen molar-refractivity contribution in [3.8, 4) is 0 Å². The van der Waals surface area contributed by atoms with Crippen LogP contribution in [-0.2, 0) is 24.8 Å². The van der Waals surface area contributed by atoms with Crippen LogP contribution in [0.3, 0.4) is 0 Å². The fourth-order valence-electron chi connectivity index (χ4n) is 2.99. The van der Waals surface area contributed by atoms with Gasteiger partial charge >= 0.3 is 5.97 Å². The van der Waals surface area contributed by atoms with Gasteiger partial charge in [-0.25, -0.2) is 0 Å². The molecule has 2 aromatic rings. The molecule has 1 fully saturated rings. The number of hydrogen-bond acceptors (Lipinski definition) is 4. The first-order chi connectivity index (χ1) is 11.7. The van der Waals surface area contributed by atoms with Crippen molar-refractivity contribution in [3.05, 3.63) is 71.3 Å². The summed E-state index contributed by atoms with van der Waals surface area (Å²) in [4.78, 5) is 12.0. The minimum atomic E-state index is -0.911. The van der Waals surface area contributed by atoms with Gasteiger partial charge in [-0.1, -0.05) is 48.5 Å². The lowest BCUT2D eigenvalue weighted by Crippen LogP contribution is -2.29. The van der Waals surface area contributed by atoms with Crippen molar-refractivity contribution in [2.24, 2.45) is 0 Å². The largest absolute Gasteiger partial charge is 0.466 e. The first kappa shape index (κ1) is 16.7. The van der Waals surface area contributed by atoms with Gasteiger partial charge in [0.2, 0.25) is 5.79 Å². The van der Waals surface area contributed by atoms with Crippen LogP contribution >= 0.6 is 0 Å². The predicted octanol–water partition coefficient (Wildman–Crippen LogP) is 3.60. The maximum atomic E-state index is 12.0. The molecule has 0 N–H and O–H groups in total. The molecule has 0 aliphatic carbocycles. The molecule has 0 aromatic heterocycles. The molecule has 3 rings (SSSR count). The summed E-state index contributed by atoms with van der Waals surface area (Å²) >= 11 is 0. The highest BCUT2D eigenvalue weighted by atomic mass is 16.7. The number of hydrogen-bond donors (Lipinski definition) is 0. The summed E-state index contributed by atoms with van der Waals surface area (Å²) in [6, 6.07) is 17.7. The van der Waals surface area contributed by atoms with E-state index < -0.39 is 5.79 Å². The van der Waals surface area contributed by atoms with Gasteiger partial charge in [0.1, 0.15) is 0 Å². The van der Waals surface area contributed by atoms with E-state index in [0.717, 1.165) is 16.7 Å². The number of carbonyl (C=O) groups is 1. The Bertz CT molecular complexity index is 690. The van der Waals surface area contributed by atoms with Crippen LogP contribution in [0.25, 0.3) is 0 Å². The van der Waals surface area contributed by atoms with Gasteiger partial charge in [-0.2, -0.15) is 0 Å². The Hall–Kier alpha value is -2.17. The molecule has 1 unspecified atom stereocenters. The molecule has 126 valence electrons. The number of carbonyl (C=O) groups excluding carboxylic acids is 1. The second-order valence-corrected chi connectivity index (χ2v) is 5.78. The van der Waals surface area contributed by atoms with Crippen molar-refractivity contribution in [2.75, 3.05) is 19.8 Å². The fraction of sp³-hybridized carbons (Fsp3) is 0.350. The second-order valence-electron chi connectivity index (χ2n) is 5.78. The molecule has 4 nitrogen and oxygen atoms in total. The molecule has 0 saturated carbocycles. The second kappa shape index (κ2) is 7.16. The molecule has 1 aliphatic heterocycles. The molecule has 24 heavy (non-hydrogen) atoms. The van der Waals surface area contributed by atoms with Crippen molar-refractivity contribution in [1.29, 1.82) is 0 Å². The van der Waals surface area contributed by atoms with E-state index in [1.807, 2.05) is 68.4 Å². The van der Waals surface area contributed by atoms with E-state index >= 15 is 0 Å². The smallest absolute Gasteiger partial charge is 0.313 e. The SMILES string of the molecule is CCOC(=O)C(C)c1cccc(C2(c3ccccc3)OCCO2)c1. The lowest BCUT2D eigenvalue weighted by molar-refractivity contribution is -0.144. The normalized spacial score (nSPS) is 17.4. The van der Waals surface area contributed by atoms with Crippen molar-refractivity contribution in [1.82, 2.24) is 0 Å². The molecule has 4 heteroatoms. The van der Waals surface area contributed by atoms with Crippen LogP contribution in [0.4, 0.5) is 0 Å². The van der Waals surface area contributed by atoms with E-state index in [-0.39, 0.29) is 11.9 Å². The molecular weight excluding hydrogens is 304 g/mol. The number of rotatable bonds is 5. The van der Waals surface area contributed by atoms with Crippen LogP contribution in [-0.4, -0.2) is 25.8 Å². The summed E-state index contributed by atoms with van der Waals surface area (Å²) < 4.78 is 17.2. The molecule has 0 radical (unpaired) electrons. The molecule has 0 bridgehead atoms. The first-order valence-electron chi connectivity index (χ1n) is 8.28. The Labute approximate surface area is 142 Å². The summed E-state index contributed by atoms with van der Waals surface area (Å²) in [6.45, 7) is 5.11. The van der Waals surface area contributed by atoms with Gasteiger partial charge in [0.25, 0.3) is 0 Å². The highest BCUT2D eigenvalue weighted by molar-refractivity contribution is 5.77. The quantitative estimate of drug-likeness (QED) is 0.788. The summed E-state index contributed by atoms with van der Waals surface area (Å²) in [6.07, 6.45) is 0. The molecular formula is C20H22O4. The van der Waals surface area contributed by atoms with Gasteiger partial charge in [0.15, 0.2) is 0 Å². The fourth-order valence-corrected chi connectivity index (χ4v) is 2.99. The molecule has 1 heterocycles. The van der Waals surface area contributed by atoms with E-state index in [1.54, 1.807) is 0 Å². The Kier molecular flexibility index (Phi) is 4.97. The topological polar surface area (TPSA) is 44.8 Å². The molecule has 1 saturated heterocycles. The summed E-state index contributed by atoms with van der Waals surface area (Å²) in [5, 5.41) is 0. The zero-order valence-corrected chi connectivity index (χ0v) is 14.0. The van der Waals surface area contributed by atoms with Crippen LogP contribution in [0.15, 0.2) is 54.6 Å². The molecule has 0 spiro atoms. The third kappa shape index (κ3) is 3.07. The van der Waals surface area contributed by atoms with Gasteiger partial charge in [0, 0.05) is 11.1 Å². The highest BCUT2D eigenvalue weighted by Crippen LogP contribution is 2.39. The van der Waals surface area contributed by atoms with Gasteiger partial charge in [-0.05, 0) is 25.5 Å². The van der Waals surface area contributed by atoms with Gasteiger partial charge in [0.05, 0.1) is 25.7 Å². The van der Waals surface area contributed by atoms with Crippen molar-refractivity contribution in [2.45, 2.75) is 25.6 Å². The minimum Gasteiger partial charge on any atom is -0.466 e. The van der Waals surface area contributed by atoms with Crippen LogP contribution in [0.1, 0.15) is 36.5 Å². The summed E-state index contributed by atoms with van der Waals surface area (Å²) in [7, 11) is 0. The number of benzene rings is 2. The average Bonchev–Trinajstić information content (AvgIpc) is 3.13. The lowest BCUT2D eigenvalue weighted by Gasteiger charge is -2.29. The van der Waals surface area contributed by atoms with Crippen molar-refractivity contribution in [3.63, 3.8) is 0 Å². The van der Waals surface area contributed by atoms with E-state index in [0.29, 0.717) is 19.8 Å². The highest BCUT2D eigenvalue weighted by Gasteiger charge is 2.40. The van der Waals surface area contributed by atoms with E-state index in [2.05, 4.69) is 0 Å². The first-order valence-corrected chi connectivity index (χ1v) is 8.28. The molecule has 0 amide bonds. The van der Waals surface area contributed by atoms with E-state index in [9.17, 15) is 4.79 Å². The van der Waals surface area contributed by atoms with Crippen molar-refractivity contribution >= 4 is 5.97 Å². The minimum absolute atomic E-state index is 0.225. The molecule has 1 aliphatic rings. The van der Waals surface area contributed by atoms with E-state index in [4.69, 9.17) is 14.2 Å². The third-order valence-electron chi connectivity index (χ3n) is 4.25. The maximum absolute atomic E-state index is 12.0. The van der Waals surface area contributed by atoms with E-state index in [1.165, 1.54) is 0 Å². The Morgan fingerprint density at radius 1 is 1.08 bits per heavy atom.